The summed E-state index contributed by atoms with van der Waals surface area (Å²) < 4.78 is 0.343. The van der Waals surface area contributed by atoms with Gasteiger partial charge in [-0.1, -0.05) is 0 Å². The minimum atomic E-state index is -0.533. The van der Waals surface area contributed by atoms with E-state index in [1.807, 2.05) is 11.8 Å². The average Bonchev–Trinajstić information content (AvgIpc) is 2.91. The molecule has 0 aromatic heterocycles. The maximum atomic E-state index is 11.7. The molecule has 0 unspecified atom stereocenters. The molecule has 4 heteroatoms. The fourth-order valence-electron chi connectivity index (χ4n) is 1.79. The Bertz CT molecular complexity index is 247. The van der Waals surface area contributed by atoms with E-state index in [4.69, 9.17) is 5.73 Å². The van der Waals surface area contributed by atoms with Crippen molar-refractivity contribution in [2.45, 2.75) is 42.4 Å². The third-order valence-corrected chi connectivity index (χ3v) is 4.93. The summed E-state index contributed by atoms with van der Waals surface area (Å²) in [4.78, 5) is 11.7. The van der Waals surface area contributed by atoms with Crippen molar-refractivity contribution in [3.8, 4) is 0 Å². The van der Waals surface area contributed by atoms with Crippen LogP contribution in [0.1, 0.15) is 32.1 Å². The molecule has 2 saturated carbocycles. The molecule has 3 nitrogen and oxygen atoms in total. The summed E-state index contributed by atoms with van der Waals surface area (Å²) in [5.41, 5.74) is 5.39. The van der Waals surface area contributed by atoms with Crippen molar-refractivity contribution < 1.29 is 4.79 Å². The van der Waals surface area contributed by atoms with Gasteiger partial charge < -0.3 is 11.1 Å². The summed E-state index contributed by atoms with van der Waals surface area (Å²) in [7, 11) is 0. The molecule has 1 amide bonds. The first kappa shape index (κ1) is 10.3. The van der Waals surface area contributed by atoms with E-state index in [1.54, 1.807) is 0 Å². The molecule has 2 fully saturated rings. The number of thioether (sulfide) groups is 1. The lowest BCUT2D eigenvalue weighted by molar-refractivity contribution is -0.129. The number of hydrogen-bond donors (Lipinski definition) is 2. The van der Waals surface area contributed by atoms with Gasteiger partial charge in [-0.15, -0.1) is 0 Å². The molecule has 0 aromatic carbocycles. The summed E-state index contributed by atoms with van der Waals surface area (Å²) in [5.74, 6) is 0.0593. The lowest BCUT2D eigenvalue weighted by Crippen LogP contribution is -2.59. The number of carbonyl (C=O) groups is 1. The minimum absolute atomic E-state index is 0.0593. The largest absolute Gasteiger partial charge is 0.353 e. The second-order valence-corrected chi connectivity index (χ2v) is 5.85. The summed E-state index contributed by atoms with van der Waals surface area (Å²) in [6.45, 7) is 0.798. The first-order chi connectivity index (χ1) is 6.60. The highest BCUT2D eigenvalue weighted by Crippen LogP contribution is 2.46. The summed E-state index contributed by atoms with van der Waals surface area (Å²) in [5, 5.41) is 2.99. The van der Waals surface area contributed by atoms with E-state index in [-0.39, 0.29) is 5.91 Å². The molecule has 80 valence electrons. The van der Waals surface area contributed by atoms with Crippen LogP contribution in [-0.2, 0) is 4.79 Å². The SMILES string of the molecule is CSC1(CNC(=O)C2(N)CCC2)CC1. The summed E-state index contributed by atoms with van der Waals surface area (Å²) >= 11 is 1.86. The van der Waals surface area contributed by atoms with Gasteiger partial charge in [0.25, 0.3) is 0 Å². The highest BCUT2D eigenvalue weighted by atomic mass is 32.2. The second-order valence-electron chi connectivity index (χ2n) is 4.58. The number of nitrogens with two attached hydrogens (primary N) is 1. The third-order valence-electron chi connectivity index (χ3n) is 3.51. The Kier molecular flexibility index (Phi) is 2.52. The summed E-state index contributed by atoms with van der Waals surface area (Å²) in [6, 6.07) is 0. The first-order valence-corrected chi connectivity index (χ1v) is 6.45. The molecule has 2 aliphatic rings. The normalized spacial score (nSPS) is 26.4. The number of carbonyl (C=O) groups excluding carboxylic acids is 1. The molecule has 0 aliphatic heterocycles. The van der Waals surface area contributed by atoms with Crippen LogP contribution in [0.15, 0.2) is 0 Å². The molecule has 14 heavy (non-hydrogen) atoms. The van der Waals surface area contributed by atoms with E-state index < -0.39 is 5.54 Å². The highest BCUT2D eigenvalue weighted by Gasteiger charge is 2.45. The molecule has 0 atom stereocenters. The Labute approximate surface area is 89.2 Å². The molecule has 2 aliphatic carbocycles. The van der Waals surface area contributed by atoms with Crippen molar-refractivity contribution in [2.24, 2.45) is 5.73 Å². The fourth-order valence-corrected chi connectivity index (χ4v) is 2.52. The lowest BCUT2D eigenvalue weighted by atomic mass is 9.77. The zero-order chi connectivity index (χ0) is 10.2. The molecule has 3 N–H and O–H groups in total. The minimum Gasteiger partial charge on any atom is -0.353 e. The number of rotatable bonds is 4. The van der Waals surface area contributed by atoms with Gasteiger partial charge in [0.05, 0.1) is 5.54 Å². The van der Waals surface area contributed by atoms with Gasteiger partial charge in [0, 0.05) is 11.3 Å². The smallest absolute Gasteiger partial charge is 0.240 e. The Morgan fingerprint density at radius 2 is 2.07 bits per heavy atom. The van der Waals surface area contributed by atoms with E-state index in [2.05, 4.69) is 11.6 Å². The van der Waals surface area contributed by atoms with Crippen molar-refractivity contribution in [3.63, 3.8) is 0 Å². The predicted molar refractivity (Wildman–Crippen MR) is 59.3 cm³/mol. The maximum Gasteiger partial charge on any atom is 0.240 e. The van der Waals surface area contributed by atoms with E-state index >= 15 is 0 Å². The van der Waals surface area contributed by atoms with Crippen molar-refractivity contribution in [2.75, 3.05) is 12.8 Å². The molecule has 0 spiro atoms. The van der Waals surface area contributed by atoms with Gasteiger partial charge in [0.2, 0.25) is 5.91 Å². The van der Waals surface area contributed by atoms with E-state index in [1.165, 1.54) is 12.8 Å². The Morgan fingerprint density at radius 1 is 1.43 bits per heavy atom. The van der Waals surface area contributed by atoms with E-state index in [0.717, 1.165) is 25.8 Å². The van der Waals surface area contributed by atoms with Gasteiger partial charge in [0.1, 0.15) is 0 Å². The topological polar surface area (TPSA) is 55.1 Å². The maximum absolute atomic E-state index is 11.7. The predicted octanol–water partition coefficient (Wildman–Crippen LogP) is 0.880. The van der Waals surface area contributed by atoms with Crippen LogP contribution in [0.2, 0.25) is 0 Å². The van der Waals surface area contributed by atoms with Gasteiger partial charge in [0.15, 0.2) is 0 Å². The fraction of sp³-hybridized carbons (Fsp3) is 0.900. The van der Waals surface area contributed by atoms with Crippen molar-refractivity contribution in [1.29, 1.82) is 0 Å². The first-order valence-electron chi connectivity index (χ1n) is 5.23. The molecule has 0 heterocycles. The van der Waals surface area contributed by atoms with Crippen LogP contribution >= 0.6 is 11.8 Å². The van der Waals surface area contributed by atoms with Crippen molar-refractivity contribution in [3.05, 3.63) is 0 Å². The summed E-state index contributed by atoms with van der Waals surface area (Å²) in [6.07, 6.45) is 7.37. The van der Waals surface area contributed by atoms with Gasteiger partial charge in [-0.2, -0.15) is 11.8 Å². The van der Waals surface area contributed by atoms with Crippen molar-refractivity contribution >= 4 is 17.7 Å². The zero-order valence-corrected chi connectivity index (χ0v) is 9.45. The average molecular weight is 214 g/mol. The highest BCUT2D eigenvalue weighted by molar-refractivity contribution is 8.00. The van der Waals surface area contributed by atoms with Gasteiger partial charge in [-0.25, -0.2) is 0 Å². The van der Waals surface area contributed by atoms with Crippen molar-refractivity contribution in [1.82, 2.24) is 5.32 Å². The van der Waals surface area contributed by atoms with E-state index in [9.17, 15) is 4.79 Å². The van der Waals surface area contributed by atoms with Gasteiger partial charge in [-0.3, -0.25) is 4.79 Å². The molecule has 2 rings (SSSR count). The third kappa shape index (κ3) is 1.77. The zero-order valence-electron chi connectivity index (χ0n) is 8.64. The Morgan fingerprint density at radius 3 is 2.43 bits per heavy atom. The molecule has 0 saturated heterocycles. The Balaban J connectivity index is 1.78. The van der Waals surface area contributed by atoms with Crippen LogP contribution in [0, 0.1) is 0 Å². The number of amides is 1. The molecular weight excluding hydrogens is 196 g/mol. The quantitative estimate of drug-likeness (QED) is 0.730. The van der Waals surface area contributed by atoms with Crippen LogP contribution in [-0.4, -0.2) is 29.0 Å². The number of hydrogen-bond acceptors (Lipinski definition) is 3. The standard InChI is InChI=1S/C10H18N2OS/c1-14-9(5-6-9)7-12-8(13)10(11)3-2-4-10/h2-7,11H2,1H3,(H,12,13). The lowest BCUT2D eigenvalue weighted by Gasteiger charge is -2.36. The molecule has 0 bridgehead atoms. The van der Waals surface area contributed by atoms with E-state index in [0.29, 0.717) is 4.75 Å². The molecule has 0 aromatic rings. The van der Waals surface area contributed by atoms with Crippen LogP contribution in [0.3, 0.4) is 0 Å². The van der Waals surface area contributed by atoms with Gasteiger partial charge >= 0.3 is 0 Å². The van der Waals surface area contributed by atoms with Crippen LogP contribution < -0.4 is 11.1 Å². The number of nitrogens with one attached hydrogen (secondary N) is 1. The van der Waals surface area contributed by atoms with Gasteiger partial charge in [-0.05, 0) is 38.4 Å². The van der Waals surface area contributed by atoms with Crippen LogP contribution in [0.25, 0.3) is 0 Å². The molecular formula is C10H18N2OS. The Hall–Kier alpha value is -0.220. The van der Waals surface area contributed by atoms with Crippen LogP contribution in [0.4, 0.5) is 0 Å². The second kappa shape index (κ2) is 3.42. The molecule has 0 radical (unpaired) electrons. The monoisotopic (exact) mass is 214 g/mol. The van der Waals surface area contributed by atoms with Crippen LogP contribution in [0.5, 0.6) is 0 Å².